The summed E-state index contributed by atoms with van der Waals surface area (Å²) in [6, 6.07) is 9.34. The second-order valence-corrected chi connectivity index (χ2v) is 6.82. The van der Waals surface area contributed by atoms with Crippen LogP contribution in [0.5, 0.6) is 0 Å². The van der Waals surface area contributed by atoms with Crippen LogP contribution in [-0.4, -0.2) is 53.9 Å². The Morgan fingerprint density at radius 1 is 1.15 bits per heavy atom. The van der Waals surface area contributed by atoms with Crippen molar-refractivity contribution in [2.75, 3.05) is 6.54 Å². The molecule has 1 amide bonds. The minimum absolute atomic E-state index is 0.143. The number of carbonyl (C=O) groups is 2. The van der Waals surface area contributed by atoms with E-state index in [1.165, 1.54) is 0 Å². The fourth-order valence-corrected chi connectivity index (χ4v) is 3.23. The minimum atomic E-state index is -0.974. The number of hydrogen-bond acceptors (Lipinski definition) is 6. The molecule has 2 aliphatic rings. The van der Waals surface area contributed by atoms with Gasteiger partial charge in [0.2, 0.25) is 0 Å². The third kappa shape index (κ3) is 4.51. The number of carboxylic acids is 1. The number of carboxylic acid groups (broad SMARTS) is 1. The Kier molecular flexibility index (Phi) is 5.45. The predicted molar refractivity (Wildman–Crippen MR) is 89.4 cm³/mol. The summed E-state index contributed by atoms with van der Waals surface area (Å²) in [5.74, 6) is -1.79. The maximum Gasteiger partial charge on any atom is 0.407 e. The highest BCUT2D eigenvalue weighted by Crippen LogP contribution is 2.39. The second kappa shape index (κ2) is 7.61. The number of aliphatic carboxylic acids is 1. The molecule has 2 unspecified atom stereocenters. The van der Waals surface area contributed by atoms with Crippen molar-refractivity contribution in [3.63, 3.8) is 0 Å². The zero-order valence-electron chi connectivity index (χ0n) is 14.7. The van der Waals surface area contributed by atoms with Crippen LogP contribution in [0.1, 0.15) is 25.8 Å². The van der Waals surface area contributed by atoms with E-state index in [2.05, 4.69) is 5.32 Å². The summed E-state index contributed by atoms with van der Waals surface area (Å²) in [5.41, 5.74) is 0.885. The number of ether oxygens (including phenoxy) is 4. The average Bonchev–Trinajstić information content (AvgIpc) is 3.05. The molecule has 2 aliphatic heterocycles. The zero-order valence-corrected chi connectivity index (χ0v) is 14.7. The molecule has 0 aliphatic carbocycles. The fourth-order valence-electron chi connectivity index (χ4n) is 3.23. The van der Waals surface area contributed by atoms with Crippen molar-refractivity contribution in [3.05, 3.63) is 35.9 Å². The molecule has 4 atom stereocenters. The molecule has 142 valence electrons. The number of alkyl carbamates (subject to hydrolysis) is 1. The summed E-state index contributed by atoms with van der Waals surface area (Å²) < 4.78 is 22.5. The molecule has 8 nitrogen and oxygen atoms in total. The molecule has 2 fully saturated rings. The maximum absolute atomic E-state index is 11.9. The third-order valence-electron chi connectivity index (χ3n) is 4.28. The quantitative estimate of drug-likeness (QED) is 0.790. The van der Waals surface area contributed by atoms with Gasteiger partial charge in [-0.05, 0) is 19.4 Å². The van der Waals surface area contributed by atoms with E-state index in [0.717, 1.165) is 5.56 Å². The predicted octanol–water partition coefficient (Wildman–Crippen LogP) is 1.67. The fraction of sp³-hybridized carbons (Fsp3) is 0.556. The van der Waals surface area contributed by atoms with Gasteiger partial charge in [-0.1, -0.05) is 30.3 Å². The standard InChI is InChI=1S/C18H23NO7/c1-18(2)25-15-12(8-14(20)21)24-13(16(15)26-18)9-19-17(22)23-10-11-6-4-3-5-7-11/h3-7,12-13,15-16H,8-10H2,1-2H3,(H,19,22)(H,20,21)/t12-,13-,15?,16?/m1/s1. The first-order chi connectivity index (χ1) is 12.3. The molecule has 3 rings (SSSR count). The van der Waals surface area contributed by atoms with E-state index in [4.69, 9.17) is 24.1 Å². The van der Waals surface area contributed by atoms with Crippen molar-refractivity contribution < 1.29 is 33.6 Å². The highest BCUT2D eigenvalue weighted by Gasteiger charge is 2.55. The first-order valence-corrected chi connectivity index (χ1v) is 8.51. The highest BCUT2D eigenvalue weighted by atomic mass is 16.8. The molecule has 0 bridgehead atoms. The normalized spacial score (nSPS) is 29.2. The summed E-state index contributed by atoms with van der Waals surface area (Å²) in [6.07, 6.45) is -2.80. The van der Waals surface area contributed by atoms with Crippen molar-refractivity contribution in [3.8, 4) is 0 Å². The summed E-state index contributed by atoms with van der Waals surface area (Å²) in [6.45, 7) is 3.84. The first kappa shape index (κ1) is 18.6. The van der Waals surface area contributed by atoms with Crippen molar-refractivity contribution in [2.24, 2.45) is 0 Å². The lowest BCUT2D eigenvalue weighted by molar-refractivity contribution is -0.188. The number of hydrogen-bond donors (Lipinski definition) is 2. The average molecular weight is 365 g/mol. The van der Waals surface area contributed by atoms with Crippen LogP contribution in [0.2, 0.25) is 0 Å². The van der Waals surface area contributed by atoms with Gasteiger partial charge in [0.05, 0.1) is 12.5 Å². The van der Waals surface area contributed by atoms with Crippen LogP contribution in [0.25, 0.3) is 0 Å². The van der Waals surface area contributed by atoms with Gasteiger partial charge in [-0.3, -0.25) is 4.79 Å². The largest absolute Gasteiger partial charge is 0.481 e. The summed E-state index contributed by atoms with van der Waals surface area (Å²) in [5, 5.41) is 11.7. The van der Waals surface area contributed by atoms with Gasteiger partial charge in [-0.15, -0.1) is 0 Å². The monoisotopic (exact) mass is 365 g/mol. The Labute approximate surface area is 151 Å². The van der Waals surface area contributed by atoms with Crippen LogP contribution in [0.4, 0.5) is 4.79 Å². The molecule has 0 spiro atoms. The molecule has 26 heavy (non-hydrogen) atoms. The number of carbonyl (C=O) groups excluding carboxylic acids is 1. The number of rotatable bonds is 6. The topological polar surface area (TPSA) is 103 Å². The van der Waals surface area contributed by atoms with Gasteiger partial charge in [-0.2, -0.15) is 0 Å². The van der Waals surface area contributed by atoms with E-state index in [9.17, 15) is 9.59 Å². The molecule has 0 aromatic heterocycles. The lowest BCUT2D eigenvalue weighted by atomic mass is 10.1. The summed E-state index contributed by atoms with van der Waals surface area (Å²) >= 11 is 0. The van der Waals surface area contributed by atoms with Crippen LogP contribution in [0, 0.1) is 0 Å². The van der Waals surface area contributed by atoms with E-state index in [1.54, 1.807) is 13.8 Å². The molecular formula is C18H23NO7. The van der Waals surface area contributed by atoms with E-state index < -0.39 is 42.3 Å². The Morgan fingerprint density at radius 2 is 1.81 bits per heavy atom. The number of benzene rings is 1. The van der Waals surface area contributed by atoms with E-state index >= 15 is 0 Å². The first-order valence-electron chi connectivity index (χ1n) is 8.51. The second-order valence-electron chi connectivity index (χ2n) is 6.82. The smallest absolute Gasteiger partial charge is 0.407 e. The van der Waals surface area contributed by atoms with E-state index in [0.29, 0.717) is 0 Å². The summed E-state index contributed by atoms with van der Waals surface area (Å²) in [7, 11) is 0. The van der Waals surface area contributed by atoms with E-state index in [-0.39, 0.29) is 19.6 Å². The molecule has 2 N–H and O–H groups in total. The molecule has 2 saturated heterocycles. The van der Waals surface area contributed by atoms with Crippen molar-refractivity contribution in [1.29, 1.82) is 0 Å². The van der Waals surface area contributed by atoms with Crippen LogP contribution >= 0.6 is 0 Å². The van der Waals surface area contributed by atoms with Crippen LogP contribution in [0.3, 0.4) is 0 Å². The van der Waals surface area contributed by atoms with Crippen molar-refractivity contribution in [1.82, 2.24) is 5.32 Å². The van der Waals surface area contributed by atoms with Gasteiger partial charge >= 0.3 is 12.1 Å². The lowest BCUT2D eigenvalue weighted by Crippen LogP contribution is -2.40. The van der Waals surface area contributed by atoms with Gasteiger partial charge in [0.15, 0.2) is 5.79 Å². The third-order valence-corrected chi connectivity index (χ3v) is 4.28. The Bertz CT molecular complexity index is 648. The van der Waals surface area contributed by atoms with E-state index in [1.807, 2.05) is 30.3 Å². The Hall–Kier alpha value is -2.16. The Balaban J connectivity index is 1.52. The Morgan fingerprint density at radius 3 is 2.46 bits per heavy atom. The van der Waals surface area contributed by atoms with Crippen LogP contribution in [0.15, 0.2) is 30.3 Å². The van der Waals surface area contributed by atoms with Gasteiger partial charge in [0.1, 0.15) is 24.9 Å². The minimum Gasteiger partial charge on any atom is -0.481 e. The zero-order chi connectivity index (χ0) is 18.7. The maximum atomic E-state index is 11.9. The SMILES string of the molecule is CC1(C)OC2C(O1)[C@@H](CC(=O)O)O[C@@H]2CNC(=O)OCc1ccccc1. The lowest BCUT2D eigenvalue weighted by Gasteiger charge is -2.23. The van der Waals surface area contributed by atoms with Crippen molar-refractivity contribution >= 4 is 12.1 Å². The number of nitrogens with one attached hydrogen (secondary N) is 1. The highest BCUT2D eigenvalue weighted by molar-refractivity contribution is 5.68. The van der Waals surface area contributed by atoms with Gasteiger partial charge < -0.3 is 29.4 Å². The van der Waals surface area contributed by atoms with Gasteiger partial charge in [0.25, 0.3) is 0 Å². The molecule has 0 radical (unpaired) electrons. The number of amides is 1. The molecule has 8 heteroatoms. The van der Waals surface area contributed by atoms with Gasteiger partial charge in [-0.25, -0.2) is 4.79 Å². The molecular weight excluding hydrogens is 342 g/mol. The molecule has 1 aromatic carbocycles. The van der Waals surface area contributed by atoms with Gasteiger partial charge in [0, 0.05) is 6.54 Å². The molecule has 0 saturated carbocycles. The van der Waals surface area contributed by atoms with Crippen LogP contribution < -0.4 is 5.32 Å². The van der Waals surface area contributed by atoms with Crippen molar-refractivity contribution in [2.45, 2.75) is 57.1 Å². The summed E-state index contributed by atoms with van der Waals surface area (Å²) in [4.78, 5) is 22.9. The molecule has 2 heterocycles. The number of fused-ring (bicyclic) bond motifs is 1. The molecule has 1 aromatic rings. The van der Waals surface area contributed by atoms with Crippen LogP contribution in [-0.2, 0) is 30.3 Å².